The van der Waals surface area contributed by atoms with E-state index in [1.165, 1.54) is 16.2 Å². The molecule has 0 bridgehead atoms. The van der Waals surface area contributed by atoms with Crippen molar-refractivity contribution in [1.29, 1.82) is 0 Å². The summed E-state index contributed by atoms with van der Waals surface area (Å²) in [6, 6.07) is -0.881. The van der Waals surface area contributed by atoms with E-state index in [0.717, 1.165) is 5.56 Å². The van der Waals surface area contributed by atoms with Gasteiger partial charge in [0.25, 0.3) is 5.91 Å². The third-order valence-electron chi connectivity index (χ3n) is 3.69. The number of nitrogens with zero attached hydrogens (tertiary/aromatic N) is 1. The Morgan fingerprint density at radius 1 is 1.46 bits per heavy atom. The Labute approximate surface area is 144 Å². The summed E-state index contributed by atoms with van der Waals surface area (Å²) in [7, 11) is 0. The number of aliphatic hydroxyl groups is 1. The molecular weight excluding hydrogens is 332 g/mol. The maximum Gasteiger partial charge on any atom is 0.306 e. The zero-order valence-corrected chi connectivity index (χ0v) is 14.8. The predicted octanol–water partition coefficient (Wildman–Crippen LogP) is 1.17. The fourth-order valence-electron chi connectivity index (χ4n) is 2.66. The number of hydrogen-bond donors (Lipinski definition) is 2. The highest BCUT2D eigenvalue weighted by molar-refractivity contribution is 7.10. The third-order valence-corrected chi connectivity index (χ3v) is 4.70. The topological polar surface area (TPSA) is 110 Å². The molecule has 0 aliphatic carbocycles. The lowest BCUT2D eigenvalue weighted by Gasteiger charge is -2.26. The number of nitrogens with two attached hydrogens (primary N) is 1. The molecule has 0 radical (unpaired) electrons. The zero-order valence-electron chi connectivity index (χ0n) is 14.0. The number of esters is 1. The van der Waals surface area contributed by atoms with Crippen molar-refractivity contribution in [2.24, 2.45) is 5.73 Å². The number of primary amides is 1. The molecule has 1 atom stereocenters. The Bertz CT molecular complexity index is 662. The summed E-state index contributed by atoms with van der Waals surface area (Å²) in [6.07, 6.45) is 0.104. The van der Waals surface area contributed by atoms with Gasteiger partial charge in [0.15, 0.2) is 0 Å². The summed E-state index contributed by atoms with van der Waals surface area (Å²) < 4.78 is 5.21. The Kier molecular flexibility index (Phi) is 5.29. The molecule has 1 aliphatic heterocycles. The molecule has 1 aromatic rings. The molecule has 132 valence electrons. The Hall–Kier alpha value is -1.93. The first kappa shape index (κ1) is 18.4. The van der Waals surface area contributed by atoms with Crippen molar-refractivity contribution < 1.29 is 24.2 Å². The highest BCUT2D eigenvalue weighted by Crippen LogP contribution is 2.33. The van der Waals surface area contributed by atoms with E-state index in [2.05, 4.69) is 0 Å². The molecule has 8 heteroatoms. The van der Waals surface area contributed by atoms with Gasteiger partial charge in [-0.3, -0.25) is 14.4 Å². The fourth-order valence-corrected chi connectivity index (χ4v) is 3.55. The average Bonchev–Trinajstić information content (AvgIpc) is 2.98. The first-order chi connectivity index (χ1) is 11.1. The summed E-state index contributed by atoms with van der Waals surface area (Å²) in [5, 5.41) is 11.0. The average molecular weight is 354 g/mol. The van der Waals surface area contributed by atoms with Crippen LogP contribution in [0.1, 0.15) is 54.4 Å². The van der Waals surface area contributed by atoms with Crippen LogP contribution in [0.25, 0.3) is 0 Å². The molecule has 2 heterocycles. The van der Waals surface area contributed by atoms with Gasteiger partial charge >= 0.3 is 5.97 Å². The van der Waals surface area contributed by atoms with E-state index in [9.17, 15) is 19.5 Å². The minimum Gasteiger partial charge on any atom is -0.460 e. The number of aliphatic hydroxyl groups excluding tert-OH is 1. The molecule has 1 aromatic heterocycles. The minimum absolute atomic E-state index is 0.00560. The largest absolute Gasteiger partial charge is 0.460 e. The van der Waals surface area contributed by atoms with Crippen molar-refractivity contribution >= 4 is 29.1 Å². The summed E-state index contributed by atoms with van der Waals surface area (Å²) in [4.78, 5) is 38.2. The van der Waals surface area contributed by atoms with Gasteiger partial charge < -0.3 is 20.5 Å². The Balaban J connectivity index is 2.07. The van der Waals surface area contributed by atoms with Crippen LogP contribution in [0.15, 0.2) is 5.38 Å². The van der Waals surface area contributed by atoms with E-state index >= 15 is 0 Å². The van der Waals surface area contributed by atoms with Crippen molar-refractivity contribution in [3.8, 4) is 0 Å². The van der Waals surface area contributed by atoms with Crippen LogP contribution >= 0.6 is 11.3 Å². The van der Waals surface area contributed by atoms with Gasteiger partial charge in [0, 0.05) is 28.8 Å². The zero-order chi connectivity index (χ0) is 18.1. The summed E-state index contributed by atoms with van der Waals surface area (Å²) in [5.74, 6) is -1.40. The second-order valence-corrected chi connectivity index (χ2v) is 7.65. The van der Waals surface area contributed by atoms with Crippen LogP contribution in [0.2, 0.25) is 0 Å². The second-order valence-electron chi connectivity index (χ2n) is 6.69. The number of carbonyl (C=O) groups is 3. The molecular formula is C16H22N2O5S. The van der Waals surface area contributed by atoms with E-state index in [-0.39, 0.29) is 31.9 Å². The lowest BCUT2D eigenvalue weighted by Crippen LogP contribution is -2.45. The molecule has 0 fully saturated rings. The molecule has 1 unspecified atom stereocenters. The molecule has 3 N–H and O–H groups in total. The molecule has 1 aliphatic rings. The highest BCUT2D eigenvalue weighted by atomic mass is 32.1. The van der Waals surface area contributed by atoms with E-state index in [4.69, 9.17) is 10.5 Å². The Morgan fingerprint density at radius 2 is 2.12 bits per heavy atom. The first-order valence-electron chi connectivity index (χ1n) is 7.66. The number of ether oxygens (including phenoxy) is 1. The van der Waals surface area contributed by atoms with Crippen LogP contribution in [0.4, 0.5) is 0 Å². The maximum atomic E-state index is 12.5. The van der Waals surface area contributed by atoms with Gasteiger partial charge in [-0.2, -0.15) is 0 Å². The van der Waals surface area contributed by atoms with Gasteiger partial charge in [-0.25, -0.2) is 0 Å². The number of thiophene rings is 1. The predicted molar refractivity (Wildman–Crippen MR) is 88.2 cm³/mol. The number of rotatable bonds is 6. The number of carbonyl (C=O) groups excluding carboxylic acids is 3. The van der Waals surface area contributed by atoms with Crippen LogP contribution in [0, 0.1) is 0 Å². The van der Waals surface area contributed by atoms with Crippen molar-refractivity contribution in [2.45, 2.75) is 58.4 Å². The molecule has 0 saturated heterocycles. The molecule has 0 aromatic carbocycles. The third kappa shape index (κ3) is 3.93. The maximum absolute atomic E-state index is 12.5. The molecule has 24 heavy (non-hydrogen) atoms. The van der Waals surface area contributed by atoms with Crippen molar-refractivity contribution in [3.05, 3.63) is 21.4 Å². The molecule has 7 nitrogen and oxygen atoms in total. The summed E-state index contributed by atoms with van der Waals surface area (Å²) in [5.41, 5.74) is 6.05. The lowest BCUT2D eigenvalue weighted by atomic mass is 10.1. The lowest BCUT2D eigenvalue weighted by molar-refractivity contribution is -0.155. The van der Waals surface area contributed by atoms with E-state index in [1.807, 2.05) is 0 Å². The molecule has 2 rings (SSSR count). The van der Waals surface area contributed by atoms with E-state index < -0.39 is 23.5 Å². The normalized spacial score (nSPS) is 15.3. The van der Waals surface area contributed by atoms with Crippen LogP contribution in [0.3, 0.4) is 0 Å². The van der Waals surface area contributed by atoms with Crippen LogP contribution in [-0.4, -0.2) is 39.4 Å². The Morgan fingerprint density at radius 3 is 2.67 bits per heavy atom. The molecule has 0 spiro atoms. The van der Waals surface area contributed by atoms with Crippen molar-refractivity contribution in [1.82, 2.24) is 4.90 Å². The standard InChI is InChI=1S/C16H22N2O5S/c1-16(2,3)23-13(20)5-4-11(14(17)21)18-6-9-10(15(18)22)8-24-12(9)7-19/h8,11,19H,4-7H2,1-3H3,(H2,17,21). The minimum atomic E-state index is -0.881. The number of amides is 2. The number of hydrogen-bond acceptors (Lipinski definition) is 6. The van der Waals surface area contributed by atoms with E-state index in [0.29, 0.717) is 10.4 Å². The fraction of sp³-hybridized carbons (Fsp3) is 0.562. The SMILES string of the molecule is CC(C)(C)OC(=O)CCC(C(N)=O)N1Cc2c(csc2CO)C1=O. The van der Waals surface area contributed by atoms with Gasteiger partial charge in [0.05, 0.1) is 12.2 Å². The summed E-state index contributed by atoms with van der Waals surface area (Å²) in [6.45, 7) is 5.34. The monoisotopic (exact) mass is 354 g/mol. The van der Waals surface area contributed by atoms with Crippen LogP contribution in [-0.2, 0) is 27.5 Å². The van der Waals surface area contributed by atoms with Gasteiger partial charge in [-0.05, 0) is 27.2 Å². The second kappa shape index (κ2) is 6.90. The van der Waals surface area contributed by atoms with Gasteiger partial charge in [-0.15, -0.1) is 11.3 Å². The first-order valence-corrected chi connectivity index (χ1v) is 8.54. The van der Waals surface area contributed by atoms with Crippen molar-refractivity contribution in [3.63, 3.8) is 0 Å². The van der Waals surface area contributed by atoms with Crippen LogP contribution in [0.5, 0.6) is 0 Å². The van der Waals surface area contributed by atoms with Gasteiger partial charge in [-0.1, -0.05) is 0 Å². The van der Waals surface area contributed by atoms with Gasteiger partial charge in [0.1, 0.15) is 11.6 Å². The number of fused-ring (bicyclic) bond motifs is 1. The smallest absolute Gasteiger partial charge is 0.306 e. The van der Waals surface area contributed by atoms with Crippen LogP contribution < -0.4 is 5.73 Å². The molecule has 0 saturated carbocycles. The molecule has 2 amide bonds. The van der Waals surface area contributed by atoms with E-state index in [1.54, 1.807) is 26.2 Å². The van der Waals surface area contributed by atoms with Gasteiger partial charge in [0.2, 0.25) is 5.91 Å². The quantitative estimate of drug-likeness (QED) is 0.745. The van der Waals surface area contributed by atoms with Crippen molar-refractivity contribution in [2.75, 3.05) is 0 Å². The summed E-state index contributed by atoms with van der Waals surface area (Å²) >= 11 is 1.31. The highest BCUT2D eigenvalue weighted by Gasteiger charge is 2.37.